The predicted molar refractivity (Wildman–Crippen MR) is 103 cm³/mol. The molecule has 0 spiro atoms. The number of aryl methyl sites for hydroxylation is 1. The van der Waals surface area contributed by atoms with Crippen LogP contribution in [0, 0.1) is 6.92 Å². The number of carbonyl (C=O) groups excluding carboxylic acids is 3. The first-order chi connectivity index (χ1) is 13.9. The zero-order valence-corrected chi connectivity index (χ0v) is 16.9. The van der Waals surface area contributed by atoms with Gasteiger partial charge in [-0.25, -0.2) is 9.59 Å². The van der Waals surface area contributed by atoms with Gasteiger partial charge < -0.3 is 23.4 Å². The van der Waals surface area contributed by atoms with Crippen LogP contribution in [0.2, 0.25) is 0 Å². The molecule has 2 aromatic rings. The van der Waals surface area contributed by atoms with Gasteiger partial charge in [0.25, 0.3) is 5.91 Å². The number of ether oxygens (including phenoxy) is 4. The Labute approximate surface area is 167 Å². The normalized spacial score (nSPS) is 10.2. The van der Waals surface area contributed by atoms with Gasteiger partial charge in [0.05, 0.1) is 27.4 Å². The summed E-state index contributed by atoms with van der Waals surface area (Å²) in [4.78, 5) is 37.4. The molecule has 0 atom stereocenters. The molecule has 0 radical (unpaired) electrons. The number of amides is 1. The topological polar surface area (TPSA) is 113 Å². The number of hydrogen-bond donors (Lipinski definition) is 1. The van der Waals surface area contributed by atoms with Crippen molar-refractivity contribution in [1.29, 1.82) is 0 Å². The lowest BCUT2D eigenvalue weighted by Crippen LogP contribution is -2.17. The monoisotopic (exact) mass is 405 g/mol. The van der Waals surface area contributed by atoms with Crippen LogP contribution in [0.15, 0.2) is 22.6 Å². The zero-order valence-electron chi connectivity index (χ0n) is 16.9. The standard InChI is InChI=1S/C20H23NO8/c1-6-27-19(23)15-11(3)29-18(16(15)20(24)28-7-2)21-17(22)12-8-9-13(25-4)14(10-12)26-5/h8-10H,6-7H2,1-5H3,(H,21,22). The van der Waals surface area contributed by atoms with Crippen molar-refractivity contribution in [3.63, 3.8) is 0 Å². The van der Waals surface area contributed by atoms with Crippen LogP contribution in [-0.4, -0.2) is 45.3 Å². The number of esters is 2. The van der Waals surface area contributed by atoms with Crippen LogP contribution >= 0.6 is 0 Å². The predicted octanol–water partition coefficient (Wildman–Crippen LogP) is 3.21. The number of hydrogen-bond acceptors (Lipinski definition) is 8. The minimum Gasteiger partial charge on any atom is -0.493 e. The fraction of sp³-hybridized carbons (Fsp3) is 0.350. The SMILES string of the molecule is CCOC(=O)c1c(C)oc(NC(=O)c2ccc(OC)c(OC)c2)c1C(=O)OCC. The molecule has 1 amide bonds. The summed E-state index contributed by atoms with van der Waals surface area (Å²) in [5.74, 6) is -1.42. The summed E-state index contributed by atoms with van der Waals surface area (Å²) >= 11 is 0. The Bertz CT molecular complexity index is 915. The highest BCUT2D eigenvalue weighted by molar-refractivity contribution is 6.11. The van der Waals surface area contributed by atoms with Gasteiger partial charge in [-0.2, -0.15) is 0 Å². The fourth-order valence-electron chi connectivity index (χ4n) is 2.63. The van der Waals surface area contributed by atoms with E-state index in [9.17, 15) is 14.4 Å². The largest absolute Gasteiger partial charge is 0.493 e. The molecular formula is C20H23NO8. The van der Waals surface area contributed by atoms with Crippen LogP contribution < -0.4 is 14.8 Å². The number of furan rings is 1. The van der Waals surface area contributed by atoms with E-state index in [0.717, 1.165) is 0 Å². The van der Waals surface area contributed by atoms with E-state index >= 15 is 0 Å². The third-order valence-electron chi connectivity index (χ3n) is 3.92. The summed E-state index contributed by atoms with van der Waals surface area (Å²) in [7, 11) is 2.92. The van der Waals surface area contributed by atoms with Crippen molar-refractivity contribution in [3.8, 4) is 11.5 Å². The highest BCUT2D eigenvalue weighted by atomic mass is 16.5. The Kier molecular flexibility index (Phi) is 7.24. The number of benzene rings is 1. The average Bonchev–Trinajstić information content (AvgIpc) is 3.03. The van der Waals surface area contributed by atoms with Gasteiger partial charge in [-0.3, -0.25) is 10.1 Å². The first kappa shape index (κ1) is 21.8. The summed E-state index contributed by atoms with van der Waals surface area (Å²) in [6.45, 7) is 4.93. The lowest BCUT2D eigenvalue weighted by molar-refractivity contribution is 0.0480. The molecule has 0 unspecified atom stereocenters. The summed E-state index contributed by atoms with van der Waals surface area (Å²) in [6.07, 6.45) is 0. The molecule has 0 aliphatic heterocycles. The van der Waals surface area contributed by atoms with Gasteiger partial charge in [0, 0.05) is 5.56 Å². The van der Waals surface area contributed by atoms with Crippen LogP contribution in [0.1, 0.15) is 50.7 Å². The van der Waals surface area contributed by atoms with E-state index in [0.29, 0.717) is 11.5 Å². The zero-order chi connectivity index (χ0) is 21.6. The maximum atomic E-state index is 12.7. The van der Waals surface area contributed by atoms with Gasteiger partial charge in [-0.05, 0) is 39.0 Å². The minimum atomic E-state index is -0.810. The Morgan fingerprint density at radius 3 is 2.07 bits per heavy atom. The molecule has 29 heavy (non-hydrogen) atoms. The van der Waals surface area contributed by atoms with Crippen molar-refractivity contribution in [1.82, 2.24) is 0 Å². The third-order valence-corrected chi connectivity index (χ3v) is 3.92. The van der Waals surface area contributed by atoms with E-state index in [1.54, 1.807) is 19.9 Å². The maximum absolute atomic E-state index is 12.7. The smallest absolute Gasteiger partial charge is 0.344 e. The second kappa shape index (κ2) is 9.63. The molecule has 1 aromatic carbocycles. The molecule has 1 heterocycles. The first-order valence-electron chi connectivity index (χ1n) is 8.88. The Morgan fingerprint density at radius 2 is 1.52 bits per heavy atom. The molecule has 0 aliphatic rings. The molecule has 1 N–H and O–H groups in total. The Morgan fingerprint density at radius 1 is 0.931 bits per heavy atom. The van der Waals surface area contributed by atoms with Crippen LogP contribution in [0.5, 0.6) is 11.5 Å². The van der Waals surface area contributed by atoms with E-state index in [1.807, 2.05) is 0 Å². The summed E-state index contributed by atoms with van der Waals surface area (Å²) in [5.41, 5.74) is -0.0614. The van der Waals surface area contributed by atoms with Gasteiger partial charge in [0.2, 0.25) is 5.88 Å². The van der Waals surface area contributed by atoms with Gasteiger partial charge in [-0.15, -0.1) is 0 Å². The van der Waals surface area contributed by atoms with E-state index < -0.39 is 17.8 Å². The fourth-order valence-corrected chi connectivity index (χ4v) is 2.63. The molecule has 0 fully saturated rings. The van der Waals surface area contributed by atoms with Crippen LogP contribution in [0.4, 0.5) is 5.88 Å². The third kappa shape index (κ3) is 4.68. The highest BCUT2D eigenvalue weighted by Crippen LogP contribution is 2.31. The molecule has 9 heteroatoms. The molecule has 0 saturated carbocycles. The van der Waals surface area contributed by atoms with Gasteiger partial charge in [0.1, 0.15) is 16.9 Å². The van der Waals surface area contributed by atoms with Gasteiger partial charge in [0.15, 0.2) is 11.5 Å². The summed E-state index contributed by atoms with van der Waals surface area (Å²) in [5, 5.41) is 2.50. The number of rotatable bonds is 8. The average molecular weight is 405 g/mol. The molecule has 0 aliphatic carbocycles. The van der Waals surface area contributed by atoms with Gasteiger partial charge in [-0.1, -0.05) is 0 Å². The number of methoxy groups -OCH3 is 2. The first-order valence-corrected chi connectivity index (χ1v) is 8.88. The molecule has 0 saturated heterocycles. The van der Waals surface area contributed by atoms with E-state index in [2.05, 4.69) is 5.32 Å². The minimum absolute atomic E-state index is 0.0778. The summed E-state index contributed by atoms with van der Waals surface area (Å²) < 4.78 is 25.8. The number of anilines is 1. The molecule has 2 rings (SSSR count). The maximum Gasteiger partial charge on any atom is 0.344 e. The Hall–Kier alpha value is -3.49. The summed E-state index contributed by atoms with van der Waals surface area (Å²) in [6, 6.07) is 4.56. The van der Waals surface area contributed by atoms with Crippen LogP contribution in [0.3, 0.4) is 0 Å². The lowest BCUT2D eigenvalue weighted by Gasteiger charge is -2.10. The highest BCUT2D eigenvalue weighted by Gasteiger charge is 2.31. The lowest BCUT2D eigenvalue weighted by atomic mass is 10.1. The van der Waals surface area contributed by atoms with Gasteiger partial charge >= 0.3 is 11.9 Å². The Balaban J connectivity index is 2.44. The molecule has 1 aromatic heterocycles. The van der Waals surface area contributed by atoms with Crippen LogP contribution in [-0.2, 0) is 9.47 Å². The number of nitrogens with one attached hydrogen (secondary N) is 1. The van der Waals surface area contributed by atoms with Crippen molar-refractivity contribution < 1.29 is 37.7 Å². The molecule has 0 bridgehead atoms. The van der Waals surface area contributed by atoms with Crippen molar-refractivity contribution >= 4 is 23.7 Å². The van der Waals surface area contributed by atoms with Crippen molar-refractivity contribution in [2.24, 2.45) is 0 Å². The second-order valence-electron chi connectivity index (χ2n) is 5.70. The quantitative estimate of drug-likeness (QED) is 0.666. The molecule has 9 nitrogen and oxygen atoms in total. The second-order valence-corrected chi connectivity index (χ2v) is 5.70. The number of carbonyl (C=O) groups is 3. The van der Waals surface area contributed by atoms with Crippen LogP contribution in [0.25, 0.3) is 0 Å². The van der Waals surface area contributed by atoms with Crippen molar-refractivity contribution in [3.05, 3.63) is 40.6 Å². The van der Waals surface area contributed by atoms with E-state index in [-0.39, 0.29) is 41.5 Å². The van der Waals surface area contributed by atoms with E-state index in [4.69, 9.17) is 23.4 Å². The molecule has 156 valence electrons. The molecular weight excluding hydrogens is 382 g/mol. The van der Waals surface area contributed by atoms with Crippen molar-refractivity contribution in [2.45, 2.75) is 20.8 Å². The van der Waals surface area contributed by atoms with E-state index in [1.165, 1.54) is 33.3 Å². The van der Waals surface area contributed by atoms with Crippen molar-refractivity contribution in [2.75, 3.05) is 32.8 Å².